The van der Waals surface area contributed by atoms with Gasteiger partial charge in [-0.15, -0.1) is 0 Å². The second kappa shape index (κ2) is 4.69. The fraction of sp³-hybridized carbons (Fsp3) is 0.500. The summed E-state index contributed by atoms with van der Waals surface area (Å²) in [6.07, 6.45) is 6.10. The molecule has 2 heteroatoms. The van der Waals surface area contributed by atoms with Gasteiger partial charge >= 0.3 is 0 Å². The van der Waals surface area contributed by atoms with E-state index in [1.807, 2.05) is 13.0 Å². The summed E-state index contributed by atoms with van der Waals surface area (Å²) < 4.78 is 0. The van der Waals surface area contributed by atoms with Gasteiger partial charge in [-0.3, -0.25) is 4.79 Å². The van der Waals surface area contributed by atoms with Crippen molar-refractivity contribution >= 4 is 12.0 Å². The molecule has 0 aliphatic heterocycles. The molecule has 1 saturated carbocycles. The van der Waals surface area contributed by atoms with E-state index in [0.29, 0.717) is 6.04 Å². The third-order valence-electron chi connectivity index (χ3n) is 3.56. The Labute approximate surface area is 97.3 Å². The smallest absolute Gasteiger partial charge is 0.152 e. The molecule has 86 valence electrons. The molecule has 1 fully saturated rings. The van der Waals surface area contributed by atoms with E-state index in [1.54, 1.807) is 0 Å². The van der Waals surface area contributed by atoms with E-state index in [1.165, 1.54) is 25.7 Å². The molecule has 0 radical (unpaired) electrons. The van der Waals surface area contributed by atoms with Crippen LogP contribution < -0.4 is 4.90 Å². The van der Waals surface area contributed by atoms with Crippen molar-refractivity contribution in [1.82, 2.24) is 0 Å². The highest BCUT2D eigenvalue weighted by Crippen LogP contribution is 2.28. The van der Waals surface area contributed by atoms with E-state index in [0.717, 1.165) is 23.1 Å². The average Bonchev–Trinajstić information content (AvgIpc) is 2.81. The number of benzene rings is 1. The number of anilines is 1. The van der Waals surface area contributed by atoms with E-state index in [4.69, 9.17) is 0 Å². The van der Waals surface area contributed by atoms with Crippen molar-refractivity contribution in [3.8, 4) is 0 Å². The van der Waals surface area contributed by atoms with Gasteiger partial charge in [0.15, 0.2) is 6.29 Å². The van der Waals surface area contributed by atoms with Crippen LogP contribution in [0.1, 0.15) is 41.6 Å². The van der Waals surface area contributed by atoms with Gasteiger partial charge in [0, 0.05) is 24.3 Å². The Kier molecular flexibility index (Phi) is 3.28. The van der Waals surface area contributed by atoms with Gasteiger partial charge in [0.2, 0.25) is 0 Å². The zero-order valence-electron chi connectivity index (χ0n) is 10.1. The highest BCUT2D eigenvalue weighted by atomic mass is 16.1. The maximum Gasteiger partial charge on any atom is 0.152 e. The number of rotatable bonds is 3. The van der Waals surface area contributed by atoms with E-state index in [9.17, 15) is 4.79 Å². The van der Waals surface area contributed by atoms with Gasteiger partial charge in [0.05, 0.1) is 0 Å². The highest BCUT2D eigenvalue weighted by Gasteiger charge is 2.21. The fourth-order valence-corrected chi connectivity index (χ4v) is 2.58. The number of hydrogen-bond acceptors (Lipinski definition) is 2. The van der Waals surface area contributed by atoms with Crippen LogP contribution in [0.2, 0.25) is 0 Å². The van der Waals surface area contributed by atoms with Crippen LogP contribution in [-0.2, 0) is 0 Å². The van der Waals surface area contributed by atoms with Crippen LogP contribution in [0, 0.1) is 6.92 Å². The van der Waals surface area contributed by atoms with E-state index in [-0.39, 0.29) is 0 Å². The first-order chi connectivity index (χ1) is 7.72. The molecule has 0 N–H and O–H groups in total. The quantitative estimate of drug-likeness (QED) is 0.725. The van der Waals surface area contributed by atoms with Crippen LogP contribution >= 0.6 is 0 Å². The van der Waals surface area contributed by atoms with Crippen LogP contribution in [-0.4, -0.2) is 19.4 Å². The summed E-state index contributed by atoms with van der Waals surface area (Å²) in [4.78, 5) is 13.3. The monoisotopic (exact) mass is 217 g/mol. The van der Waals surface area contributed by atoms with Crippen LogP contribution in [0.15, 0.2) is 18.2 Å². The van der Waals surface area contributed by atoms with Gasteiger partial charge in [-0.1, -0.05) is 24.5 Å². The van der Waals surface area contributed by atoms with Crippen molar-refractivity contribution in [2.45, 2.75) is 38.6 Å². The Morgan fingerprint density at radius 1 is 1.31 bits per heavy atom. The second-order valence-electron chi connectivity index (χ2n) is 4.73. The summed E-state index contributed by atoms with van der Waals surface area (Å²) in [6, 6.07) is 6.72. The molecule has 0 bridgehead atoms. The van der Waals surface area contributed by atoms with Crippen LogP contribution in [0.3, 0.4) is 0 Å². The van der Waals surface area contributed by atoms with E-state index in [2.05, 4.69) is 24.1 Å². The third kappa shape index (κ3) is 2.11. The zero-order valence-corrected chi connectivity index (χ0v) is 10.1. The first kappa shape index (κ1) is 11.2. The van der Waals surface area contributed by atoms with Gasteiger partial charge < -0.3 is 4.90 Å². The molecule has 2 nitrogen and oxygen atoms in total. The molecule has 1 aliphatic rings. The van der Waals surface area contributed by atoms with Gasteiger partial charge in [0.1, 0.15) is 0 Å². The number of nitrogens with zero attached hydrogens (tertiary/aromatic N) is 1. The lowest BCUT2D eigenvalue weighted by Crippen LogP contribution is -2.29. The minimum Gasteiger partial charge on any atom is -0.371 e. The summed E-state index contributed by atoms with van der Waals surface area (Å²) >= 11 is 0. The van der Waals surface area contributed by atoms with Crippen molar-refractivity contribution in [3.05, 3.63) is 29.3 Å². The van der Waals surface area contributed by atoms with Crippen molar-refractivity contribution < 1.29 is 4.79 Å². The van der Waals surface area contributed by atoms with Crippen molar-refractivity contribution in [2.75, 3.05) is 11.9 Å². The minimum absolute atomic E-state index is 0.612. The Morgan fingerprint density at radius 3 is 2.62 bits per heavy atom. The van der Waals surface area contributed by atoms with Gasteiger partial charge in [-0.25, -0.2) is 0 Å². The van der Waals surface area contributed by atoms with Crippen LogP contribution in [0.5, 0.6) is 0 Å². The third-order valence-corrected chi connectivity index (χ3v) is 3.56. The lowest BCUT2D eigenvalue weighted by Gasteiger charge is -2.27. The Bertz CT molecular complexity index is 380. The van der Waals surface area contributed by atoms with E-state index < -0.39 is 0 Å². The highest BCUT2D eigenvalue weighted by molar-refractivity contribution is 5.85. The summed E-state index contributed by atoms with van der Waals surface area (Å²) in [6.45, 7) is 2.02. The second-order valence-corrected chi connectivity index (χ2v) is 4.73. The predicted octanol–water partition coefficient (Wildman–Crippen LogP) is 3.19. The SMILES string of the molecule is Cc1ccc(N(C)C2CCCC2)c(C=O)c1. The summed E-state index contributed by atoms with van der Waals surface area (Å²) in [7, 11) is 2.10. The number of carbonyl (C=O) groups is 1. The van der Waals surface area contributed by atoms with Crippen molar-refractivity contribution in [1.29, 1.82) is 0 Å². The molecule has 0 saturated heterocycles. The molecule has 0 heterocycles. The molecule has 1 aromatic rings. The maximum atomic E-state index is 11.1. The molecule has 1 aromatic carbocycles. The summed E-state index contributed by atoms with van der Waals surface area (Å²) in [5.74, 6) is 0. The first-order valence-corrected chi connectivity index (χ1v) is 6.01. The summed E-state index contributed by atoms with van der Waals surface area (Å²) in [5.41, 5.74) is 3.03. The van der Waals surface area contributed by atoms with Gasteiger partial charge in [0.25, 0.3) is 0 Å². The molecule has 0 amide bonds. The maximum absolute atomic E-state index is 11.1. The number of aldehydes is 1. The Morgan fingerprint density at radius 2 is 2.00 bits per heavy atom. The first-order valence-electron chi connectivity index (χ1n) is 6.01. The number of aryl methyl sites for hydroxylation is 1. The largest absolute Gasteiger partial charge is 0.371 e. The topological polar surface area (TPSA) is 20.3 Å². The molecular weight excluding hydrogens is 198 g/mol. The summed E-state index contributed by atoms with van der Waals surface area (Å²) in [5, 5.41) is 0. The van der Waals surface area contributed by atoms with Gasteiger partial charge in [-0.05, 0) is 31.9 Å². The predicted molar refractivity (Wildman–Crippen MR) is 67.2 cm³/mol. The van der Waals surface area contributed by atoms with Crippen LogP contribution in [0.4, 0.5) is 5.69 Å². The lowest BCUT2D eigenvalue weighted by atomic mass is 10.1. The molecular formula is C14H19NO. The number of hydrogen-bond donors (Lipinski definition) is 0. The zero-order chi connectivity index (χ0) is 11.5. The van der Waals surface area contributed by atoms with Crippen LogP contribution in [0.25, 0.3) is 0 Å². The standard InChI is InChI=1S/C14H19NO/c1-11-7-8-14(12(9-11)10-16)15(2)13-5-3-4-6-13/h7-10,13H,3-6H2,1-2H3. The molecule has 1 aliphatic carbocycles. The van der Waals surface area contributed by atoms with Crippen molar-refractivity contribution in [3.63, 3.8) is 0 Å². The lowest BCUT2D eigenvalue weighted by molar-refractivity contribution is 0.112. The fourth-order valence-electron chi connectivity index (χ4n) is 2.58. The average molecular weight is 217 g/mol. The molecule has 0 unspecified atom stereocenters. The molecule has 0 spiro atoms. The van der Waals surface area contributed by atoms with E-state index >= 15 is 0 Å². The molecule has 0 aromatic heterocycles. The van der Waals surface area contributed by atoms with Crippen molar-refractivity contribution in [2.24, 2.45) is 0 Å². The molecule has 16 heavy (non-hydrogen) atoms. The number of carbonyl (C=O) groups excluding carboxylic acids is 1. The normalized spacial score (nSPS) is 16.4. The Balaban J connectivity index is 2.27. The van der Waals surface area contributed by atoms with Gasteiger partial charge in [-0.2, -0.15) is 0 Å². The Hall–Kier alpha value is -1.31. The molecule has 0 atom stereocenters. The molecule has 2 rings (SSSR count). The minimum atomic E-state index is 0.612.